The molecule has 0 fully saturated rings. The first kappa shape index (κ1) is 15.8. The van der Waals surface area contributed by atoms with Crippen LogP contribution in [0.5, 0.6) is 0 Å². The maximum Gasteiger partial charge on any atom is 0.257 e. The number of carbonyl (C=O) groups is 1. The van der Waals surface area contributed by atoms with E-state index < -0.39 is 0 Å². The molecule has 2 aromatic heterocycles. The Balaban J connectivity index is 1.58. The summed E-state index contributed by atoms with van der Waals surface area (Å²) < 4.78 is 1.85. The highest BCUT2D eigenvalue weighted by Crippen LogP contribution is 2.20. The molecular weight excluding hydrogens is 328 g/mol. The SMILES string of the molecule is Cc1cc(=O)[nH]cc1C(=O)Nc1ccc(-n2ncc3ccccc32)cc1. The van der Waals surface area contributed by atoms with E-state index in [4.69, 9.17) is 0 Å². The lowest BCUT2D eigenvalue weighted by Gasteiger charge is -2.09. The van der Waals surface area contributed by atoms with Crippen LogP contribution in [0, 0.1) is 6.92 Å². The van der Waals surface area contributed by atoms with E-state index in [-0.39, 0.29) is 11.5 Å². The maximum absolute atomic E-state index is 12.4. The highest BCUT2D eigenvalue weighted by molar-refractivity contribution is 6.05. The van der Waals surface area contributed by atoms with Crippen molar-refractivity contribution in [1.82, 2.24) is 14.8 Å². The molecule has 0 atom stereocenters. The summed E-state index contributed by atoms with van der Waals surface area (Å²) in [6.45, 7) is 1.73. The molecule has 26 heavy (non-hydrogen) atoms. The zero-order valence-electron chi connectivity index (χ0n) is 14.1. The third kappa shape index (κ3) is 2.88. The maximum atomic E-state index is 12.4. The largest absolute Gasteiger partial charge is 0.328 e. The number of H-pyrrole nitrogens is 1. The van der Waals surface area contributed by atoms with Crippen LogP contribution in [0.4, 0.5) is 5.69 Å². The van der Waals surface area contributed by atoms with Gasteiger partial charge in [0.1, 0.15) is 0 Å². The van der Waals surface area contributed by atoms with Crippen LogP contribution in [0.15, 0.2) is 71.8 Å². The van der Waals surface area contributed by atoms with Crippen molar-refractivity contribution in [3.05, 3.63) is 88.5 Å². The fourth-order valence-corrected chi connectivity index (χ4v) is 2.88. The van der Waals surface area contributed by atoms with Gasteiger partial charge in [0.05, 0.1) is 23.0 Å². The normalized spacial score (nSPS) is 10.8. The molecule has 0 saturated carbocycles. The number of aromatic amines is 1. The van der Waals surface area contributed by atoms with E-state index >= 15 is 0 Å². The Labute approximate surface area is 149 Å². The predicted molar refractivity (Wildman–Crippen MR) is 101 cm³/mol. The van der Waals surface area contributed by atoms with Crippen LogP contribution in [0.25, 0.3) is 16.6 Å². The Hall–Kier alpha value is -3.67. The van der Waals surface area contributed by atoms with Crippen molar-refractivity contribution in [2.45, 2.75) is 6.92 Å². The summed E-state index contributed by atoms with van der Waals surface area (Å²) in [4.78, 5) is 26.2. The summed E-state index contributed by atoms with van der Waals surface area (Å²) in [5.41, 5.74) is 3.44. The van der Waals surface area contributed by atoms with Crippen molar-refractivity contribution in [3.63, 3.8) is 0 Å². The van der Waals surface area contributed by atoms with E-state index in [0.717, 1.165) is 16.6 Å². The van der Waals surface area contributed by atoms with Gasteiger partial charge < -0.3 is 10.3 Å². The van der Waals surface area contributed by atoms with Gasteiger partial charge in [0.2, 0.25) is 5.56 Å². The van der Waals surface area contributed by atoms with Gasteiger partial charge in [0.15, 0.2) is 0 Å². The molecule has 2 N–H and O–H groups in total. The van der Waals surface area contributed by atoms with Crippen LogP contribution in [-0.2, 0) is 0 Å². The van der Waals surface area contributed by atoms with Crippen molar-refractivity contribution >= 4 is 22.5 Å². The molecule has 0 radical (unpaired) electrons. The quantitative estimate of drug-likeness (QED) is 0.598. The first-order chi connectivity index (χ1) is 12.6. The first-order valence-electron chi connectivity index (χ1n) is 8.16. The molecule has 4 aromatic rings. The molecule has 0 aliphatic rings. The molecule has 0 aliphatic heterocycles. The Morgan fingerprint density at radius 2 is 1.88 bits per heavy atom. The van der Waals surface area contributed by atoms with Crippen LogP contribution in [0.3, 0.4) is 0 Å². The van der Waals surface area contributed by atoms with Gasteiger partial charge in [-0.25, -0.2) is 4.68 Å². The number of benzene rings is 2. The second-order valence-corrected chi connectivity index (χ2v) is 6.01. The number of fused-ring (bicyclic) bond motifs is 1. The summed E-state index contributed by atoms with van der Waals surface area (Å²) in [6, 6.07) is 16.8. The van der Waals surface area contributed by atoms with Crippen molar-refractivity contribution < 1.29 is 4.79 Å². The number of carbonyl (C=O) groups excluding carboxylic acids is 1. The molecule has 128 valence electrons. The standard InChI is InChI=1S/C20H16N4O2/c1-13-10-19(25)21-12-17(13)20(26)23-15-6-8-16(9-7-15)24-18-5-3-2-4-14(18)11-22-24/h2-12H,1H3,(H,21,25)(H,23,26). The molecule has 6 heteroatoms. The van der Waals surface area contributed by atoms with Crippen LogP contribution in [0.1, 0.15) is 15.9 Å². The number of anilines is 1. The molecule has 6 nitrogen and oxygen atoms in total. The van der Waals surface area contributed by atoms with Gasteiger partial charge in [0, 0.05) is 23.3 Å². The number of para-hydroxylation sites is 1. The molecule has 4 rings (SSSR count). The van der Waals surface area contributed by atoms with Gasteiger partial charge in [-0.1, -0.05) is 18.2 Å². The van der Waals surface area contributed by atoms with E-state index in [1.54, 1.807) is 6.92 Å². The van der Waals surface area contributed by atoms with Crippen molar-refractivity contribution in [2.75, 3.05) is 5.32 Å². The lowest BCUT2D eigenvalue weighted by Crippen LogP contribution is -2.16. The summed E-state index contributed by atoms with van der Waals surface area (Å²) in [5, 5.41) is 8.32. The van der Waals surface area contributed by atoms with Gasteiger partial charge in [0.25, 0.3) is 5.91 Å². The number of hydrogen-bond acceptors (Lipinski definition) is 3. The third-order valence-corrected chi connectivity index (χ3v) is 4.22. The van der Waals surface area contributed by atoms with E-state index in [0.29, 0.717) is 16.8 Å². The Morgan fingerprint density at radius 1 is 1.12 bits per heavy atom. The summed E-state index contributed by atoms with van der Waals surface area (Å²) in [5.74, 6) is -0.268. The average molecular weight is 344 g/mol. The van der Waals surface area contributed by atoms with Gasteiger partial charge in [-0.2, -0.15) is 5.10 Å². The molecule has 2 heterocycles. The smallest absolute Gasteiger partial charge is 0.257 e. The van der Waals surface area contributed by atoms with Crippen LogP contribution < -0.4 is 10.9 Å². The van der Waals surface area contributed by atoms with Gasteiger partial charge in [-0.05, 0) is 42.8 Å². The minimum atomic E-state index is -0.268. The zero-order valence-corrected chi connectivity index (χ0v) is 14.1. The lowest BCUT2D eigenvalue weighted by molar-refractivity contribution is 0.102. The number of amides is 1. The van der Waals surface area contributed by atoms with Gasteiger partial charge in [-0.3, -0.25) is 9.59 Å². The van der Waals surface area contributed by atoms with E-state index in [9.17, 15) is 9.59 Å². The Bertz CT molecular complexity index is 1160. The molecule has 2 aromatic carbocycles. The van der Waals surface area contributed by atoms with Crippen LogP contribution in [-0.4, -0.2) is 20.7 Å². The second kappa shape index (κ2) is 6.33. The van der Waals surface area contributed by atoms with Crippen molar-refractivity contribution in [1.29, 1.82) is 0 Å². The number of pyridine rings is 1. The number of rotatable bonds is 3. The number of nitrogens with zero attached hydrogens (tertiary/aromatic N) is 2. The fraction of sp³-hybridized carbons (Fsp3) is 0.0500. The van der Waals surface area contributed by atoms with E-state index in [1.807, 2.05) is 59.4 Å². The second-order valence-electron chi connectivity index (χ2n) is 6.01. The number of nitrogens with one attached hydrogen (secondary N) is 2. The van der Waals surface area contributed by atoms with Gasteiger partial charge in [-0.15, -0.1) is 0 Å². The van der Waals surface area contributed by atoms with E-state index in [2.05, 4.69) is 15.4 Å². The predicted octanol–water partition coefficient (Wildman–Crippen LogP) is 3.27. The molecule has 0 bridgehead atoms. The molecule has 0 aliphatic carbocycles. The fourth-order valence-electron chi connectivity index (χ4n) is 2.88. The molecule has 0 spiro atoms. The first-order valence-corrected chi connectivity index (χ1v) is 8.16. The van der Waals surface area contributed by atoms with E-state index in [1.165, 1.54) is 12.3 Å². The third-order valence-electron chi connectivity index (χ3n) is 4.22. The van der Waals surface area contributed by atoms with Crippen molar-refractivity contribution in [2.24, 2.45) is 0 Å². The lowest BCUT2D eigenvalue weighted by atomic mass is 10.1. The zero-order chi connectivity index (χ0) is 18.1. The van der Waals surface area contributed by atoms with Crippen molar-refractivity contribution in [3.8, 4) is 5.69 Å². The molecule has 0 unspecified atom stereocenters. The summed E-state index contributed by atoms with van der Waals surface area (Å²) >= 11 is 0. The number of hydrogen-bond donors (Lipinski definition) is 2. The van der Waals surface area contributed by atoms with Gasteiger partial charge >= 0.3 is 0 Å². The Kier molecular flexibility index (Phi) is 3.85. The minimum absolute atomic E-state index is 0.227. The monoisotopic (exact) mass is 344 g/mol. The van der Waals surface area contributed by atoms with Crippen LogP contribution in [0.2, 0.25) is 0 Å². The molecule has 1 amide bonds. The summed E-state index contributed by atoms with van der Waals surface area (Å²) in [7, 11) is 0. The molecular formula is C20H16N4O2. The average Bonchev–Trinajstić information content (AvgIpc) is 3.06. The number of aryl methyl sites for hydroxylation is 1. The topological polar surface area (TPSA) is 79.8 Å². The Morgan fingerprint density at radius 3 is 2.65 bits per heavy atom. The molecule has 0 saturated heterocycles. The summed E-state index contributed by atoms with van der Waals surface area (Å²) in [6.07, 6.45) is 3.25. The van der Waals surface area contributed by atoms with Crippen LogP contribution >= 0.6 is 0 Å². The number of aromatic nitrogens is 3. The highest BCUT2D eigenvalue weighted by atomic mass is 16.1. The highest BCUT2D eigenvalue weighted by Gasteiger charge is 2.10. The minimum Gasteiger partial charge on any atom is -0.328 e.